The van der Waals surface area contributed by atoms with Crippen LogP contribution in [0.2, 0.25) is 0 Å². The molecule has 0 aliphatic carbocycles. The van der Waals surface area contributed by atoms with E-state index in [0.717, 1.165) is 38.5 Å². The second-order valence-electron chi connectivity index (χ2n) is 17.5. The number of hydrogen-bond acceptors (Lipinski definition) is 5. The van der Waals surface area contributed by atoms with Crippen LogP contribution in [0.1, 0.15) is 271 Å². The van der Waals surface area contributed by atoms with Crippen LogP contribution in [0.25, 0.3) is 0 Å². The number of allylic oxidation sites excluding steroid dienone is 2. The number of hydrogen-bond donors (Lipinski definition) is 5. The molecule has 56 heavy (non-hydrogen) atoms. The van der Waals surface area contributed by atoms with E-state index in [4.69, 9.17) is 0 Å². The van der Waals surface area contributed by atoms with E-state index >= 15 is 0 Å². The molecule has 4 unspecified atom stereocenters. The lowest BCUT2D eigenvalue weighted by molar-refractivity contribution is -0.132. The van der Waals surface area contributed by atoms with Gasteiger partial charge in [-0.3, -0.25) is 4.79 Å². The number of rotatable bonds is 46. The van der Waals surface area contributed by atoms with Crippen LogP contribution in [-0.4, -0.2) is 57.3 Å². The number of carbonyl (C=O) groups excluding carboxylic acids is 1. The number of aliphatic hydroxyl groups is 4. The normalized spacial score (nSPS) is 14.0. The molecule has 0 aliphatic rings. The molecule has 0 saturated carbocycles. The van der Waals surface area contributed by atoms with E-state index in [9.17, 15) is 25.2 Å². The highest BCUT2D eigenvalue weighted by molar-refractivity contribution is 5.80. The van der Waals surface area contributed by atoms with Crippen LogP contribution in [0.4, 0.5) is 0 Å². The molecule has 0 rings (SSSR count). The fraction of sp³-hybridized carbons (Fsp3) is 0.940. The first kappa shape index (κ1) is 55.0. The molecule has 334 valence electrons. The third-order valence-corrected chi connectivity index (χ3v) is 12.0. The molecule has 4 atom stereocenters. The molecule has 0 aromatic carbocycles. The molecule has 0 heterocycles. The van der Waals surface area contributed by atoms with Gasteiger partial charge in [-0.2, -0.15) is 0 Å². The van der Waals surface area contributed by atoms with Crippen molar-refractivity contribution in [3.8, 4) is 0 Å². The Morgan fingerprint density at radius 1 is 0.429 bits per heavy atom. The van der Waals surface area contributed by atoms with Gasteiger partial charge in [-0.25, -0.2) is 0 Å². The molecular weight excluding hydrogens is 695 g/mol. The molecule has 6 heteroatoms. The van der Waals surface area contributed by atoms with E-state index < -0.39 is 36.9 Å². The van der Waals surface area contributed by atoms with Gasteiger partial charge in [0.15, 0.2) is 0 Å². The molecule has 0 saturated heterocycles. The van der Waals surface area contributed by atoms with Gasteiger partial charge in [0.1, 0.15) is 12.2 Å². The lowest BCUT2D eigenvalue weighted by atomic mass is 9.99. The van der Waals surface area contributed by atoms with Crippen LogP contribution in [0.5, 0.6) is 0 Å². The Balaban J connectivity index is 3.64. The summed E-state index contributed by atoms with van der Waals surface area (Å²) in [6.07, 6.45) is 51.1. The maximum atomic E-state index is 12.5. The first-order valence-corrected chi connectivity index (χ1v) is 25.1. The van der Waals surface area contributed by atoms with Gasteiger partial charge < -0.3 is 25.7 Å². The first-order chi connectivity index (χ1) is 27.5. The predicted octanol–water partition coefficient (Wildman–Crippen LogP) is 13.7. The van der Waals surface area contributed by atoms with Crippen molar-refractivity contribution < 1.29 is 25.2 Å². The molecular formula is C50H99NO5. The summed E-state index contributed by atoms with van der Waals surface area (Å²) >= 11 is 0. The second-order valence-corrected chi connectivity index (χ2v) is 17.5. The molecule has 0 aromatic heterocycles. The zero-order chi connectivity index (χ0) is 41.0. The Morgan fingerprint density at radius 2 is 0.714 bits per heavy atom. The summed E-state index contributed by atoms with van der Waals surface area (Å²) < 4.78 is 0. The van der Waals surface area contributed by atoms with E-state index in [1.807, 2.05) is 0 Å². The van der Waals surface area contributed by atoms with Gasteiger partial charge in [0.2, 0.25) is 5.91 Å². The van der Waals surface area contributed by atoms with Crippen molar-refractivity contribution in [1.29, 1.82) is 0 Å². The Hall–Kier alpha value is -0.950. The highest BCUT2D eigenvalue weighted by atomic mass is 16.3. The van der Waals surface area contributed by atoms with E-state index in [-0.39, 0.29) is 0 Å². The summed E-state index contributed by atoms with van der Waals surface area (Å²) in [6, 6.07) is -0.983. The minimum Gasteiger partial charge on any atom is -0.394 e. The van der Waals surface area contributed by atoms with Crippen LogP contribution in [0.15, 0.2) is 12.2 Å². The number of unbranched alkanes of at least 4 members (excludes halogenated alkanes) is 35. The van der Waals surface area contributed by atoms with Crippen molar-refractivity contribution in [2.45, 2.75) is 295 Å². The predicted molar refractivity (Wildman–Crippen MR) is 242 cm³/mol. The van der Waals surface area contributed by atoms with Crippen molar-refractivity contribution in [1.82, 2.24) is 5.32 Å². The summed E-state index contributed by atoms with van der Waals surface area (Å²) in [5.74, 6) is -0.582. The largest absolute Gasteiger partial charge is 0.394 e. The van der Waals surface area contributed by atoms with E-state index in [0.29, 0.717) is 12.8 Å². The molecule has 1 amide bonds. The van der Waals surface area contributed by atoms with Crippen LogP contribution in [0, 0.1) is 0 Å². The van der Waals surface area contributed by atoms with E-state index in [1.54, 1.807) is 0 Å². The standard InChI is InChI=1S/C50H99NO5/c1-3-5-7-9-11-13-15-17-19-20-21-22-23-24-25-26-27-28-30-32-34-36-38-40-42-44-48(54)50(56)51-46(45-52)49(55)47(53)43-41-39-37-35-33-31-29-18-16-14-12-10-8-6-4-2/h24-25,46-49,52-55H,3-23,26-45H2,1-2H3,(H,51,56)/b25-24-. The number of nitrogens with one attached hydrogen (secondary N) is 1. The molecule has 5 N–H and O–H groups in total. The molecule has 0 bridgehead atoms. The average molecular weight is 794 g/mol. The van der Waals surface area contributed by atoms with Gasteiger partial charge in [-0.1, -0.05) is 244 Å². The SMILES string of the molecule is CCCCCCCCCCCCCC/C=C\CCCCCCCCCCCC(O)C(=O)NC(CO)C(O)C(O)CCCCCCCCCCCCCCCCC. The average Bonchev–Trinajstić information content (AvgIpc) is 3.20. The van der Waals surface area contributed by atoms with Crippen molar-refractivity contribution in [3.05, 3.63) is 12.2 Å². The van der Waals surface area contributed by atoms with Crippen LogP contribution in [-0.2, 0) is 4.79 Å². The topological polar surface area (TPSA) is 110 Å². The molecule has 6 nitrogen and oxygen atoms in total. The van der Waals surface area contributed by atoms with Crippen LogP contribution >= 0.6 is 0 Å². The zero-order valence-electron chi connectivity index (χ0n) is 37.7. The number of amides is 1. The van der Waals surface area contributed by atoms with Gasteiger partial charge >= 0.3 is 0 Å². The van der Waals surface area contributed by atoms with Gasteiger partial charge in [-0.05, 0) is 38.5 Å². The molecule has 0 aromatic rings. The summed E-state index contributed by atoms with van der Waals surface area (Å²) in [6.45, 7) is 4.07. The van der Waals surface area contributed by atoms with E-state index in [1.165, 1.54) is 205 Å². The Morgan fingerprint density at radius 3 is 1.04 bits per heavy atom. The fourth-order valence-corrected chi connectivity index (χ4v) is 7.99. The highest BCUT2D eigenvalue weighted by Gasteiger charge is 2.28. The molecule has 0 spiro atoms. The summed E-state index contributed by atoms with van der Waals surface area (Å²) in [4.78, 5) is 12.5. The first-order valence-electron chi connectivity index (χ1n) is 25.1. The fourth-order valence-electron chi connectivity index (χ4n) is 7.99. The van der Waals surface area contributed by atoms with E-state index in [2.05, 4.69) is 31.3 Å². The third kappa shape index (κ3) is 38.6. The molecule has 0 fully saturated rings. The van der Waals surface area contributed by atoms with Crippen molar-refractivity contribution in [2.24, 2.45) is 0 Å². The zero-order valence-corrected chi connectivity index (χ0v) is 37.7. The monoisotopic (exact) mass is 794 g/mol. The quantitative estimate of drug-likeness (QED) is 0.0311. The number of aliphatic hydroxyl groups excluding tert-OH is 4. The molecule has 0 radical (unpaired) electrons. The third-order valence-electron chi connectivity index (χ3n) is 12.0. The highest BCUT2D eigenvalue weighted by Crippen LogP contribution is 2.17. The summed E-state index contributed by atoms with van der Waals surface area (Å²) in [7, 11) is 0. The maximum absolute atomic E-state index is 12.5. The van der Waals surface area contributed by atoms with Crippen LogP contribution in [0.3, 0.4) is 0 Å². The lowest BCUT2D eigenvalue weighted by Crippen LogP contribution is -2.53. The Bertz CT molecular complexity index is 806. The second kappa shape index (κ2) is 45.1. The van der Waals surface area contributed by atoms with Gasteiger partial charge in [0.25, 0.3) is 0 Å². The van der Waals surface area contributed by atoms with Gasteiger partial charge in [-0.15, -0.1) is 0 Å². The van der Waals surface area contributed by atoms with Crippen LogP contribution < -0.4 is 5.32 Å². The molecule has 0 aliphatic heterocycles. The van der Waals surface area contributed by atoms with Crippen molar-refractivity contribution in [2.75, 3.05) is 6.61 Å². The number of carbonyl (C=O) groups is 1. The maximum Gasteiger partial charge on any atom is 0.249 e. The van der Waals surface area contributed by atoms with Crippen molar-refractivity contribution in [3.63, 3.8) is 0 Å². The van der Waals surface area contributed by atoms with Crippen molar-refractivity contribution >= 4 is 5.91 Å². The minimum atomic E-state index is -1.26. The minimum absolute atomic E-state index is 0.370. The Labute approximate surface area is 349 Å². The van der Waals surface area contributed by atoms with Gasteiger partial charge in [0.05, 0.1) is 18.8 Å². The smallest absolute Gasteiger partial charge is 0.249 e. The van der Waals surface area contributed by atoms with Gasteiger partial charge in [0, 0.05) is 0 Å². The summed E-state index contributed by atoms with van der Waals surface area (Å²) in [5.41, 5.74) is 0. The lowest BCUT2D eigenvalue weighted by Gasteiger charge is -2.27. The Kier molecular flexibility index (Phi) is 44.4. The summed E-state index contributed by atoms with van der Waals surface area (Å²) in [5, 5.41) is 43.8.